The van der Waals surface area contributed by atoms with Crippen LogP contribution in [0.2, 0.25) is 0 Å². The molecule has 5 N–H and O–H groups in total. The average molecular weight is 247 g/mol. The number of carbonyl (C=O) groups is 1. The van der Waals surface area contributed by atoms with Crippen LogP contribution in [-0.4, -0.2) is 12.5 Å². The predicted octanol–water partition coefficient (Wildman–Crippen LogP) is 2.36. The molecule has 4 heteroatoms. The minimum Gasteiger partial charge on any atom is -0.398 e. The van der Waals surface area contributed by atoms with Crippen molar-refractivity contribution in [1.82, 2.24) is 0 Å². The standard InChI is InChI=1S/C14H21N3O/c1-14(6-2-3-7-14)9-17-10-4-5-12(15)11(8-10)13(16)18/h4-5,8,17H,2-3,6-7,9,15H2,1H3,(H2,16,18). The average Bonchev–Trinajstić information content (AvgIpc) is 2.75. The third-order valence-corrected chi connectivity index (χ3v) is 3.85. The van der Waals surface area contributed by atoms with E-state index >= 15 is 0 Å². The predicted molar refractivity (Wildman–Crippen MR) is 74.4 cm³/mol. The Hall–Kier alpha value is -1.71. The number of nitrogens with one attached hydrogen (secondary N) is 1. The molecule has 0 saturated heterocycles. The van der Waals surface area contributed by atoms with Gasteiger partial charge in [-0.05, 0) is 36.5 Å². The van der Waals surface area contributed by atoms with Crippen LogP contribution in [0, 0.1) is 5.41 Å². The van der Waals surface area contributed by atoms with E-state index in [0.29, 0.717) is 16.7 Å². The first-order chi connectivity index (χ1) is 8.50. The fourth-order valence-electron chi connectivity index (χ4n) is 2.60. The summed E-state index contributed by atoms with van der Waals surface area (Å²) in [7, 11) is 0. The lowest BCUT2D eigenvalue weighted by Crippen LogP contribution is -2.23. The molecule has 0 atom stereocenters. The topological polar surface area (TPSA) is 81.1 Å². The minimum atomic E-state index is -0.483. The second kappa shape index (κ2) is 4.88. The molecule has 0 radical (unpaired) electrons. The summed E-state index contributed by atoms with van der Waals surface area (Å²) in [6.07, 6.45) is 5.15. The first-order valence-electron chi connectivity index (χ1n) is 6.43. The molecule has 1 aliphatic rings. The molecule has 0 spiro atoms. The monoisotopic (exact) mass is 247 g/mol. The van der Waals surface area contributed by atoms with Crippen LogP contribution in [0.3, 0.4) is 0 Å². The Balaban J connectivity index is 2.05. The number of anilines is 2. The highest BCUT2D eigenvalue weighted by atomic mass is 16.1. The third-order valence-electron chi connectivity index (χ3n) is 3.85. The summed E-state index contributed by atoms with van der Waals surface area (Å²) < 4.78 is 0. The molecule has 18 heavy (non-hydrogen) atoms. The largest absolute Gasteiger partial charge is 0.398 e. The fraction of sp³-hybridized carbons (Fsp3) is 0.500. The summed E-state index contributed by atoms with van der Waals surface area (Å²) in [5.74, 6) is -0.483. The highest BCUT2D eigenvalue weighted by Crippen LogP contribution is 2.37. The van der Waals surface area contributed by atoms with Crippen molar-refractivity contribution in [3.05, 3.63) is 23.8 Å². The number of hydrogen-bond donors (Lipinski definition) is 3. The van der Waals surface area contributed by atoms with Crippen LogP contribution in [0.5, 0.6) is 0 Å². The molecule has 4 nitrogen and oxygen atoms in total. The maximum absolute atomic E-state index is 11.2. The van der Waals surface area contributed by atoms with Crippen LogP contribution >= 0.6 is 0 Å². The van der Waals surface area contributed by atoms with E-state index in [-0.39, 0.29) is 0 Å². The summed E-state index contributed by atoms with van der Waals surface area (Å²) in [5, 5.41) is 3.39. The van der Waals surface area contributed by atoms with E-state index in [2.05, 4.69) is 12.2 Å². The Morgan fingerprint density at radius 3 is 2.67 bits per heavy atom. The van der Waals surface area contributed by atoms with Crippen molar-refractivity contribution < 1.29 is 4.79 Å². The number of rotatable bonds is 4. The van der Waals surface area contributed by atoms with Crippen LogP contribution in [0.1, 0.15) is 43.0 Å². The molecule has 0 aliphatic heterocycles. The third kappa shape index (κ3) is 2.75. The van der Waals surface area contributed by atoms with Crippen LogP contribution in [-0.2, 0) is 0 Å². The maximum Gasteiger partial charge on any atom is 0.250 e. The van der Waals surface area contributed by atoms with Gasteiger partial charge < -0.3 is 16.8 Å². The van der Waals surface area contributed by atoms with Gasteiger partial charge in [0.05, 0.1) is 5.56 Å². The van der Waals surface area contributed by atoms with Gasteiger partial charge in [-0.3, -0.25) is 4.79 Å². The molecule has 1 fully saturated rings. The first kappa shape index (κ1) is 12.7. The fourth-order valence-corrected chi connectivity index (χ4v) is 2.60. The van der Waals surface area contributed by atoms with E-state index in [9.17, 15) is 4.79 Å². The van der Waals surface area contributed by atoms with E-state index in [1.165, 1.54) is 25.7 Å². The molecule has 2 rings (SSSR count). The van der Waals surface area contributed by atoms with Gasteiger partial charge in [-0.2, -0.15) is 0 Å². The second-order valence-electron chi connectivity index (χ2n) is 5.54. The number of primary amides is 1. The van der Waals surface area contributed by atoms with Crippen molar-refractivity contribution in [1.29, 1.82) is 0 Å². The molecule has 0 heterocycles. The Morgan fingerprint density at radius 2 is 2.06 bits per heavy atom. The molecule has 98 valence electrons. The second-order valence-corrected chi connectivity index (χ2v) is 5.54. The first-order valence-corrected chi connectivity index (χ1v) is 6.43. The van der Waals surface area contributed by atoms with E-state index in [1.54, 1.807) is 12.1 Å². The summed E-state index contributed by atoms with van der Waals surface area (Å²) in [6.45, 7) is 3.23. The molecule has 0 bridgehead atoms. The summed E-state index contributed by atoms with van der Waals surface area (Å²) >= 11 is 0. The van der Waals surface area contributed by atoms with Crippen LogP contribution in [0.25, 0.3) is 0 Å². The van der Waals surface area contributed by atoms with Crippen molar-refractivity contribution in [2.45, 2.75) is 32.6 Å². The van der Waals surface area contributed by atoms with Gasteiger partial charge in [-0.25, -0.2) is 0 Å². The Morgan fingerprint density at radius 1 is 1.39 bits per heavy atom. The van der Waals surface area contributed by atoms with Gasteiger partial charge in [0.25, 0.3) is 5.91 Å². The van der Waals surface area contributed by atoms with Gasteiger partial charge in [0.2, 0.25) is 0 Å². The molecular weight excluding hydrogens is 226 g/mol. The minimum absolute atomic E-state index is 0.369. The number of nitrogen functional groups attached to an aromatic ring is 1. The van der Waals surface area contributed by atoms with Gasteiger partial charge in [0, 0.05) is 17.9 Å². The quantitative estimate of drug-likeness (QED) is 0.714. The van der Waals surface area contributed by atoms with Gasteiger partial charge in [-0.1, -0.05) is 19.8 Å². The summed E-state index contributed by atoms with van der Waals surface area (Å²) in [4.78, 5) is 11.2. The van der Waals surface area contributed by atoms with E-state index in [1.807, 2.05) is 6.07 Å². The molecular formula is C14H21N3O. The van der Waals surface area contributed by atoms with Crippen LogP contribution < -0.4 is 16.8 Å². The Kier molecular flexibility index (Phi) is 3.45. The van der Waals surface area contributed by atoms with Crippen LogP contribution in [0.15, 0.2) is 18.2 Å². The molecule has 1 aliphatic carbocycles. The Bertz CT molecular complexity index is 450. The van der Waals surface area contributed by atoms with E-state index in [4.69, 9.17) is 11.5 Å². The summed E-state index contributed by atoms with van der Waals surface area (Å²) in [6, 6.07) is 5.34. The zero-order valence-electron chi connectivity index (χ0n) is 10.8. The van der Waals surface area contributed by atoms with Gasteiger partial charge in [-0.15, -0.1) is 0 Å². The molecule has 0 unspecified atom stereocenters. The lowest BCUT2D eigenvalue weighted by atomic mass is 9.89. The van der Waals surface area contributed by atoms with Gasteiger partial charge in [0.15, 0.2) is 0 Å². The van der Waals surface area contributed by atoms with Crippen molar-refractivity contribution in [3.8, 4) is 0 Å². The zero-order chi connectivity index (χ0) is 13.2. The molecule has 1 saturated carbocycles. The highest BCUT2D eigenvalue weighted by molar-refractivity contribution is 5.98. The SMILES string of the molecule is CC1(CNc2ccc(N)c(C(N)=O)c2)CCCC1. The molecule has 1 aromatic carbocycles. The van der Waals surface area contributed by atoms with Crippen LogP contribution in [0.4, 0.5) is 11.4 Å². The number of carbonyl (C=O) groups excluding carboxylic acids is 1. The smallest absolute Gasteiger partial charge is 0.250 e. The molecule has 1 aromatic rings. The van der Waals surface area contributed by atoms with Crippen molar-refractivity contribution in [3.63, 3.8) is 0 Å². The van der Waals surface area contributed by atoms with Crippen molar-refractivity contribution in [2.75, 3.05) is 17.6 Å². The van der Waals surface area contributed by atoms with E-state index in [0.717, 1.165) is 12.2 Å². The highest BCUT2D eigenvalue weighted by Gasteiger charge is 2.28. The Labute approximate surface area is 108 Å². The normalized spacial score (nSPS) is 17.6. The van der Waals surface area contributed by atoms with Crippen molar-refractivity contribution >= 4 is 17.3 Å². The zero-order valence-corrected chi connectivity index (χ0v) is 10.8. The molecule has 0 aromatic heterocycles. The van der Waals surface area contributed by atoms with E-state index < -0.39 is 5.91 Å². The summed E-state index contributed by atoms with van der Waals surface area (Å²) in [5.41, 5.74) is 13.1. The number of nitrogens with two attached hydrogens (primary N) is 2. The van der Waals surface area contributed by atoms with Crippen molar-refractivity contribution in [2.24, 2.45) is 11.1 Å². The lowest BCUT2D eigenvalue weighted by molar-refractivity contribution is 0.100. The maximum atomic E-state index is 11.2. The number of benzene rings is 1. The molecule has 1 amide bonds. The number of hydrogen-bond acceptors (Lipinski definition) is 3. The lowest BCUT2D eigenvalue weighted by Gasteiger charge is -2.24. The van der Waals surface area contributed by atoms with Gasteiger partial charge >= 0.3 is 0 Å². The van der Waals surface area contributed by atoms with Gasteiger partial charge in [0.1, 0.15) is 0 Å². The number of amides is 1.